The SMILES string of the molecule is CCCOc1ccc([C@H]2CC[C@H](OCCC[Si](OCC)(OCC)OCC)CC2)cc1. The van der Waals surface area contributed by atoms with Crippen molar-refractivity contribution in [2.24, 2.45) is 0 Å². The second-order valence-electron chi connectivity index (χ2n) is 7.85. The third kappa shape index (κ3) is 8.31. The minimum Gasteiger partial charge on any atom is -0.494 e. The van der Waals surface area contributed by atoms with Gasteiger partial charge in [-0.25, -0.2) is 0 Å². The maximum atomic E-state index is 6.20. The zero-order chi connectivity index (χ0) is 21.7. The van der Waals surface area contributed by atoms with Crippen molar-refractivity contribution in [1.29, 1.82) is 0 Å². The van der Waals surface area contributed by atoms with Crippen molar-refractivity contribution >= 4 is 8.80 Å². The number of hydrogen-bond donors (Lipinski definition) is 0. The summed E-state index contributed by atoms with van der Waals surface area (Å²) >= 11 is 0. The summed E-state index contributed by atoms with van der Waals surface area (Å²) < 4.78 is 29.7. The molecule has 0 saturated heterocycles. The van der Waals surface area contributed by atoms with Crippen molar-refractivity contribution in [2.75, 3.05) is 33.0 Å². The second-order valence-corrected chi connectivity index (χ2v) is 10.6. The number of ether oxygens (including phenoxy) is 2. The smallest absolute Gasteiger partial charge is 0.494 e. The third-order valence-corrected chi connectivity index (χ3v) is 8.72. The normalized spacial score (nSPS) is 19.7. The average molecular weight is 439 g/mol. The Kier molecular flexibility index (Phi) is 12.0. The summed E-state index contributed by atoms with van der Waals surface area (Å²) in [4.78, 5) is 0. The van der Waals surface area contributed by atoms with Gasteiger partial charge in [0, 0.05) is 32.5 Å². The molecule has 1 aliphatic rings. The lowest BCUT2D eigenvalue weighted by atomic mass is 9.83. The standard InChI is InChI=1S/C24H42O5Si/c1-5-18-25-23-14-10-21(11-15-23)22-12-16-24(17-13-22)26-19-9-20-30(27-6-2,28-7-3)29-8-4/h10-11,14-15,22,24H,5-9,12-13,16-20H2,1-4H3/t22-,24-. The molecule has 30 heavy (non-hydrogen) atoms. The summed E-state index contributed by atoms with van der Waals surface area (Å²) in [7, 11) is -2.54. The summed E-state index contributed by atoms with van der Waals surface area (Å²) in [6, 6.07) is 9.51. The molecule has 172 valence electrons. The van der Waals surface area contributed by atoms with Crippen molar-refractivity contribution in [3.05, 3.63) is 29.8 Å². The van der Waals surface area contributed by atoms with Gasteiger partial charge in [-0.05, 0) is 82.9 Å². The van der Waals surface area contributed by atoms with E-state index in [4.69, 9.17) is 22.8 Å². The first-order valence-corrected chi connectivity index (χ1v) is 13.9. The van der Waals surface area contributed by atoms with E-state index in [1.807, 2.05) is 20.8 Å². The maximum absolute atomic E-state index is 6.20. The molecule has 6 heteroatoms. The Morgan fingerprint density at radius 3 is 1.93 bits per heavy atom. The lowest BCUT2D eigenvalue weighted by Gasteiger charge is -2.30. The predicted molar refractivity (Wildman–Crippen MR) is 123 cm³/mol. The van der Waals surface area contributed by atoms with Gasteiger partial charge in [0.2, 0.25) is 0 Å². The zero-order valence-electron chi connectivity index (χ0n) is 19.5. The first-order valence-electron chi connectivity index (χ1n) is 11.9. The minimum absolute atomic E-state index is 0.371. The van der Waals surface area contributed by atoms with Crippen LogP contribution in [-0.4, -0.2) is 47.9 Å². The van der Waals surface area contributed by atoms with E-state index < -0.39 is 8.80 Å². The van der Waals surface area contributed by atoms with E-state index in [-0.39, 0.29) is 0 Å². The van der Waals surface area contributed by atoms with E-state index in [1.54, 1.807) is 0 Å². The second kappa shape index (κ2) is 14.2. The van der Waals surface area contributed by atoms with Crippen LogP contribution in [0.15, 0.2) is 24.3 Å². The Morgan fingerprint density at radius 1 is 0.800 bits per heavy atom. The first-order chi connectivity index (χ1) is 14.7. The molecule has 0 unspecified atom stereocenters. The molecule has 0 heterocycles. The van der Waals surface area contributed by atoms with Crippen LogP contribution >= 0.6 is 0 Å². The van der Waals surface area contributed by atoms with Crippen LogP contribution in [0.25, 0.3) is 0 Å². The van der Waals surface area contributed by atoms with Crippen LogP contribution in [0.4, 0.5) is 0 Å². The average Bonchev–Trinajstić information content (AvgIpc) is 2.77. The molecule has 0 spiro atoms. The van der Waals surface area contributed by atoms with E-state index in [9.17, 15) is 0 Å². The van der Waals surface area contributed by atoms with Gasteiger partial charge in [-0.2, -0.15) is 0 Å². The molecule has 1 aromatic carbocycles. The Morgan fingerprint density at radius 2 is 1.40 bits per heavy atom. The van der Waals surface area contributed by atoms with E-state index in [1.165, 1.54) is 18.4 Å². The summed E-state index contributed by atoms with van der Waals surface area (Å²) in [5, 5.41) is 0. The van der Waals surface area contributed by atoms with Gasteiger partial charge in [0.05, 0.1) is 12.7 Å². The van der Waals surface area contributed by atoms with Crippen LogP contribution in [0.5, 0.6) is 5.75 Å². The fraction of sp³-hybridized carbons (Fsp3) is 0.750. The van der Waals surface area contributed by atoms with E-state index in [0.29, 0.717) is 31.8 Å². The van der Waals surface area contributed by atoms with Crippen molar-refractivity contribution < 1.29 is 22.8 Å². The molecule has 1 aliphatic carbocycles. The molecule has 0 bridgehead atoms. The highest BCUT2D eigenvalue weighted by atomic mass is 28.4. The molecule has 1 saturated carbocycles. The fourth-order valence-corrected chi connectivity index (χ4v) is 6.74. The van der Waals surface area contributed by atoms with Crippen molar-refractivity contribution in [2.45, 2.75) is 84.3 Å². The molecule has 0 N–H and O–H groups in total. The van der Waals surface area contributed by atoms with Gasteiger partial charge in [0.25, 0.3) is 0 Å². The van der Waals surface area contributed by atoms with Crippen molar-refractivity contribution in [1.82, 2.24) is 0 Å². The molecule has 1 fully saturated rings. The van der Waals surface area contributed by atoms with Gasteiger partial charge in [0.15, 0.2) is 0 Å². The summed E-state index contributed by atoms with van der Waals surface area (Å²) in [5.74, 6) is 1.61. The van der Waals surface area contributed by atoms with Gasteiger partial charge >= 0.3 is 8.80 Å². The summed E-state index contributed by atoms with van der Waals surface area (Å²) in [6.45, 7) is 11.5. The van der Waals surface area contributed by atoms with Gasteiger partial charge in [-0.15, -0.1) is 0 Å². The molecule has 1 aromatic rings. The Hall–Kier alpha value is -0.923. The molecule has 5 nitrogen and oxygen atoms in total. The number of benzene rings is 1. The largest absolute Gasteiger partial charge is 0.501 e. The molecule has 0 aliphatic heterocycles. The Bertz CT molecular complexity index is 540. The molecule has 0 amide bonds. The van der Waals surface area contributed by atoms with Crippen LogP contribution in [0.2, 0.25) is 6.04 Å². The van der Waals surface area contributed by atoms with E-state index >= 15 is 0 Å². The third-order valence-electron chi connectivity index (χ3n) is 5.57. The minimum atomic E-state index is -2.54. The molecule has 0 aromatic heterocycles. The zero-order valence-corrected chi connectivity index (χ0v) is 20.5. The lowest BCUT2D eigenvalue weighted by Crippen LogP contribution is -2.46. The lowest BCUT2D eigenvalue weighted by molar-refractivity contribution is 0.0202. The highest BCUT2D eigenvalue weighted by Gasteiger charge is 2.39. The molecular weight excluding hydrogens is 396 g/mol. The van der Waals surface area contributed by atoms with Crippen LogP contribution in [0, 0.1) is 0 Å². The van der Waals surface area contributed by atoms with Crippen molar-refractivity contribution in [3.8, 4) is 5.75 Å². The van der Waals surface area contributed by atoms with Gasteiger partial charge < -0.3 is 22.8 Å². The molecule has 0 radical (unpaired) electrons. The topological polar surface area (TPSA) is 46.2 Å². The van der Waals surface area contributed by atoms with Crippen LogP contribution in [0.3, 0.4) is 0 Å². The number of rotatable bonds is 15. The van der Waals surface area contributed by atoms with Gasteiger partial charge in [0.1, 0.15) is 5.75 Å². The van der Waals surface area contributed by atoms with E-state index in [0.717, 1.165) is 50.7 Å². The predicted octanol–water partition coefficient (Wildman–Crippen LogP) is 5.96. The molecule has 2 rings (SSSR count). The molecular formula is C24H42O5Si. The van der Waals surface area contributed by atoms with E-state index in [2.05, 4.69) is 31.2 Å². The van der Waals surface area contributed by atoms with Gasteiger partial charge in [-0.1, -0.05) is 19.1 Å². The van der Waals surface area contributed by atoms with Crippen LogP contribution in [-0.2, 0) is 18.0 Å². The Balaban J connectivity index is 1.70. The monoisotopic (exact) mass is 438 g/mol. The fourth-order valence-electron chi connectivity index (χ4n) is 4.16. The highest BCUT2D eigenvalue weighted by Crippen LogP contribution is 2.35. The summed E-state index contributed by atoms with van der Waals surface area (Å²) in [6.07, 6.45) is 6.97. The van der Waals surface area contributed by atoms with Crippen LogP contribution < -0.4 is 4.74 Å². The summed E-state index contributed by atoms with van der Waals surface area (Å²) in [5.41, 5.74) is 1.43. The highest BCUT2D eigenvalue weighted by molar-refractivity contribution is 6.60. The van der Waals surface area contributed by atoms with Crippen molar-refractivity contribution in [3.63, 3.8) is 0 Å². The Labute approximate surface area is 184 Å². The molecule has 0 atom stereocenters. The quantitative estimate of drug-likeness (QED) is 0.250. The van der Waals surface area contributed by atoms with Crippen LogP contribution in [0.1, 0.15) is 77.7 Å². The number of hydrogen-bond acceptors (Lipinski definition) is 5. The van der Waals surface area contributed by atoms with Gasteiger partial charge in [-0.3, -0.25) is 0 Å². The first kappa shape index (κ1) is 25.3. The maximum Gasteiger partial charge on any atom is 0.501 e.